The highest BCUT2D eigenvalue weighted by Gasteiger charge is 2.18. The molecule has 0 aliphatic rings. The quantitative estimate of drug-likeness (QED) is 0.631. The third-order valence-electron chi connectivity index (χ3n) is 2.64. The molecule has 1 aromatic heterocycles. The van der Waals surface area contributed by atoms with Gasteiger partial charge in [0.2, 0.25) is 0 Å². The van der Waals surface area contributed by atoms with Gasteiger partial charge in [0.25, 0.3) is 0 Å². The van der Waals surface area contributed by atoms with E-state index in [1.54, 1.807) is 12.1 Å². The molecule has 0 saturated heterocycles. The lowest BCUT2D eigenvalue weighted by atomic mass is 9.91. The van der Waals surface area contributed by atoms with E-state index >= 15 is 0 Å². The molecule has 0 saturated carbocycles. The number of aromatic nitrogens is 1. The Bertz CT molecular complexity index is 496. The standard InChI is InChI=1S/C15H20N2O2/c1-5-6-7-8-16-13-10-11(14(18)19)9-12(17-13)15(2,3)4/h1,9-10H,6-8H2,2-4H3,(H,16,17)(H,18,19). The zero-order chi connectivity index (χ0) is 14.5. The first kappa shape index (κ1) is 15.0. The van der Waals surface area contributed by atoms with Gasteiger partial charge in [0.15, 0.2) is 0 Å². The van der Waals surface area contributed by atoms with Gasteiger partial charge in [0.05, 0.1) is 5.56 Å². The molecule has 4 nitrogen and oxygen atoms in total. The van der Waals surface area contributed by atoms with Crippen LogP contribution in [0, 0.1) is 12.3 Å². The zero-order valence-corrected chi connectivity index (χ0v) is 11.7. The van der Waals surface area contributed by atoms with Crippen molar-refractivity contribution in [2.24, 2.45) is 0 Å². The van der Waals surface area contributed by atoms with Crippen molar-refractivity contribution in [3.63, 3.8) is 0 Å². The predicted octanol–water partition coefficient (Wildman–Crippen LogP) is 2.90. The maximum Gasteiger partial charge on any atom is 0.335 e. The number of anilines is 1. The number of hydrogen-bond donors (Lipinski definition) is 2. The number of hydrogen-bond acceptors (Lipinski definition) is 3. The number of nitrogens with one attached hydrogen (secondary N) is 1. The lowest BCUT2D eigenvalue weighted by molar-refractivity contribution is 0.0696. The molecule has 0 amide bonds. The van der Waals surface area contributed by atoms with Crippen molar-refractivity contribution in [1.82, 2.24) is 4.98 Å². The Hall–Kier alpha value is -2.02. The van der Waals surface area contributed by atoms with E-state index in [-0.39, 0.29) is 11.0 Å². The maximum atomic E-state index is 11.1. The van der Waals surface area contributed by atoms with Crippen LogP contribution >= 0.6 is 0 Å². The average molecular weight is 260 g/mol. The van der Waals surface area contributed by atoms with E-state index in [1.165, 1.54) is 0 Å². The summed E-state index contributed by atoms with van der Waals surface area (Å²) in [7, 11) is 0. The number of terminal acetylenes is 1. The Labute approximate surface area is 114 Å². The molecule has 0 aliphatic heterocycles. The van der Waals surface area contributed by atoms with Gasteiger partial charge in [-0.15, -0.1) is 12.3 Å². The number of aromatic carboxylic acids is 1. The second-order valence-electron chi connectivity index (χ2n) is 5.42. The van der Waals surface area contributed by atoms with Crippen LogP contribution in [0.25, 0.3) is 0 Å². The van der Waals surface area contributed by atoms with Crippen molar-refractivity contribution in [3.8, 4) is 12.3 Å². The van der Waals surface area contributed by atoms with Crippen LogP contribution in [0.4, 0.5) is 5.82 Å². The van der Waals surface area contributed by atoms with E-state index in [1.807, 2.05) is 20.8 Å². The van der Waals surface area contributed by atoms with E-state index in [4.69, 9.17) is 11.5 Å². The second kappa shape index (κ2) is 6.24. The van der Waals surface area contributed by atoms with Gasteiger partial charge in [-0.2, -0.15) is 0 Å². The highest BCUT2D eigenvalue weighted by atomic mass is 16.4. The Balaban J connectivity index is 2.94. The molecule has 0 aromatic carbocycles. The van der Waals surface area contributed by atoms with Gasteiger partial charge in [-0.3, -0.25) is 0 Å². The van der Waals surface area contributed by atoms with Gasteiger partial charge in [-0.1, -0.05) is 20.8 Å². The first-order valence-electron chi connectivity index (χ1n) is 6.28. The van der Waals surface area contributed by atoms with Crippen LogP contribution in [0.3, 0.4) is 0 Å². The molecular weight excluding hydrogens is 240 g/mol. The predicted molar refractivity (Wildman–Crippen MR) is 76.5 cm³/mol. The number of carbonyl (C=O) groups is 1. The molecule has 0 unspecified atom stereocenters. The van der Waals surface area contributed by atoms with Crippen LogP contribution in [0.2, 0.25) is 0 Å². The molecule has 0 atom stereocenters. The van der Waals surface area contributed by atoms with E-state index in [2.05, 4.69) is 16.2 Å². The van der Waals surface area contributed by atoms with Gasteiger partial charge in [0, 0.05) is 24.1 Å². The van der Waals surface area contributed by atoms with Gasteiger partial charge in [0.1, 0.15) is 5.82 Å². The minimum atomic E-state index is -0.945. The fourth-order valence-corrected chi connectivity index (χ4v) is 1.54. The molecule has 2 N–H and O–H groups in total. The highest BCUT2D eigenvalue weighted by Crippen LogP contribution is 2.23. The smallest absolute Gasteiger partial charge is 0.335 e. The number of nitrogens with zero attached hydrogens (tertiary/aromatic N) is 1. The van der Waals surface area contributed by atoms with Crippen LogP contribution in [0.5, 0.6) is 0 Å². The van der Waals surface area contributed by atoms with Crippen LogP contribution < -0.4 is 5.32 Å². The first-order chi connectivity index (χ1) is 8.84. The number of carboxylic acid groups (broad SMARTS) is 1. The molecule has 1 aromatic rings. The average Bonchev–Trinajstić information content (AvgIpc) is 2.33. The van der Waals surface area contributed by atoms with Crippen LogP contribution in [-0.4, -0.2) is 22.6 Å². The van der Waals surface area contributed by atoms with Crippen molar-refractivity contribution in [2.75, 3.05) is 11.9 Å². The number of unbranched alkanes of at least 4 members (excludes halogenated alkanes) is 1. The fourth-order valence-electron chi connectivity index (χ4n) is 1.54. The molecule has 0 bridgehead atoms. The summed E-state index contributed by atoms with van der Waals surface area (Å²) >= 11 is 0. The lowest BCUT2D eigenvalue weighted by Crippen LogP contribution is -2.17. The number of carboxylic acids is 1. The molecule has 0 fully saturated rings. The monoisotopic (exact) mass is 260 g/mol. The van der Waals surface area contributed by atoms with E-state index in [0.717, 1.165) is 12.1 Å². The Kier molecular flexibility index (Phi) is 4.94. The minimum Gasteiger partial charge on any atom is -0.478 e. The minimum absolute atomic E-state index is 0.194. The molecule has 1 heterocycles. The summed E-state index contributed by atoms with van der Waals surface area (Å²) in [6.45, 7) is 6.69. The molecular formula is C15H20N2O2. The summed E-state index contributed by atoms with van der Waals surface area (Å²) in [4.78, 5) is 15.6. The largest absolute Gasteiger partial charge is 0.478 e. The van der Waals surface area contributed by atoms with E-state index in [9.17, 15) is 4.79 Å². The highest BCUT2D eigenvalue weighted by molar-refractivity contribution is 5.88. The molecule has 0 spiro atoms. The van der Waals surface area contributed by atoms with Crippen LogP contribution in [-0.2, 0) is 5.41 Å². The van der Waals surface area contributed by atoms with E-state index in [0.29, 0.717) is 18.8 Å². The second-order valence-corrected chi connectivity index (χ2v) is 5.42. The molecule has 1 rings (SSSR count). The third kappa shape index (κ3) is 4.63. The van der Waals surface area contributed by atoms with Gasteiger partial charge >= 0.3 is 5.97 Å². The van der Waals surface area contributed by atoms with Crippen LogP contribution in [0.15, 0.2) is 12.1 Å². The van der Waals surface area contributed by atoms with Crippen molar-refractivity contribution in [2.45, 2.75) is 39.0 Å². The molecule has 19 heavy (non-hydrogen) atoms. The summed E-state index contributed by atoms with van der Waals surface area (Å²) in [5, 5.41) is 12.2. The van der Waals surface area contributed by atoms with Crippen molar-refractivity contribution in [1.29, 1.82) is 0 Å². The van der Waals surface area contributed by atoms with Gasteiger partial charge in [-0.25, -0.2) is 9.78 Å². The van der Waals surface area contributed by atoms with E-state index < -0.39 is 5.97 Å². The molecule has 102 valence electrons. The number of pyridine rings is 1. The van der Waals surface area contributed by atoms with Crippen molar-refractivity contribution < 1.29 is 9.90 Å². The summed E-state index contributed by atoms with van der Waals surface area (Å²) in [5.41, 5.74) is 0.812. The van der Waals surface area contributed by atoms with Gasteiger partial charge in [-0.05, 0) is 18.6 Å². The zero-order valence-electron chi connectivity index (χ0n) is 11.7. The normalized spacial score (nSPS) is 10.8. The van der Waals surface area contributed by atoms with Crippen molar-refractivity contribution in [3.05, 3.63) is 23.4 Å². The number of rotatable bonds is 5. The Morgan fingerprint density at radius 1 is 1.47 bits per heavy atom. The summed E-state index contributed by atoms with van der Waals surface area (Å²) in [6, 6.07) is 3.17. The molecule has 0 radical (unpaired) electrons. The maximum absolute atomic E-state index is 11.1. The van der Waals surface area contributed by atoms with Crippen molar-refractivity contribution >= 4 is 11.8 Å². The fraction of sp³-hybridized carbons (Fsp3) is 0.467. The molecule has 4 heteroatoms. The topological polar surface area (TPSA) is 62.2 Å². The lowest BCUT2D eigenvalue weighted by Gasteiger charge is -2.19. The Morgan fingerprint density at radius 3 is 2.68 bits per heavy atom. The first-order valence-corrected chi connectivity index (χ1v) is 6.28. The van der Waals surface area contributed by atoms with Crippen LogP contribution in [0.1, 0.15) is 49.7 Å². The summed E-state index contributed by atoms with van der Waals surface area (Å²) in [6.07, 6.45) is 6.71. The SMILES string of the molecule is C#CCCCNc1cc(C(=O)O)cc(C(C)(C)C)n1. The third-order valence-corrected chi connectivity index (χ3v) is 2.64. The molecule has 0 aliphatic carbocycles. The summed E-state index contributed by atoms with van der Waals surface area (Å²) in [5.74, 6) is 2.20. The Morgan fingerprint density at radius 2 is 2.16 bits per heavy atom. The summed E-state index contributed by atoms with van der Waals surface area (Å²) < 4.78 is 0. The van der Waals surface area contributed by atoms with Gasteiger partial charge < -0.3 is 10.4 Å².